The second kappa shape index (κ2) is 10.6. The van der Waals surface area contributed by atoms with Crippen molar-refractivity contribution in [1.82, 2.24) is 24.7 Å². The van der Waals surface area contributed by atoms with E-state index in [0.29, 0.717) is 6.54 Å². The van der Waals surface area contributed by atoms with E-state index in [1.807, 2.05) is 6.07 Å². The highest BCUT2D eigenvalue weighted by Gasteiger charge is 2.22. The SMILES string of the molecule is CCn1c(-c2ccccc2-c2cccc(NCc3ncn[nH]3)c2)nc(-c2ccccc2)c1-c1ccccc1. The maximum Gasteiger partial charge on any atom is 0.143 e. The molecule has 0 atom stereocenters. The summed E-state index contributed by atoms with van der Waals surface area (Å²) < 4.78 is 2.34. The Kier molecular flexibility index (Phi) is 6.51. The van der Waals surface area contributed by atoms with Crippen LogP contribution in [0.5, 0.6) is 0 Å². The van der Waals surface area contributed by atoms with Gasteiger partial charge in [0, 0.05) is 28.9 Å². The molecule has 6 nitrogen and oxygen atoms in total. The Morgan fingerprint density at radius 1 is 0.737 bits per heavy atom. The quantitative estimate of drug-likeness (QED) is 0.232. The molecule has 186 valence electrons. The third kappa shape index (κ3) is 4.60. The smallest absolute Gasteiger partial charge is 0.143 e. The van der Waals surface area contributed by atoms with Gasteiger partial charge in [-0.15, -0.1) is 0 Å². The summed E-state index contributed by atoms with van der Waals surface area (Å²) in [6, 6.07) is 38.0. The molecule has 6 heteroatoms. The predicted molar refractivity (Wildman–Crippen MR) is 153 cm³/mol. The lowest BCUT2D eigenvalue weighted by molar-refractivity contribution is 0.778. The number of imidazole rings is 1. The monoisotopic (exact) mass is 496 g/mol. The summed E-state index contributed by atoms with van der Waals surface area (Å²) in [6.07, 6.45) is 1.52. The summed E-state index contributed by atoms with van der Waals surface area (Å²) in [7, 11) is 0. The number of rotatable bonds is 8. The van der Waals surface area contributed by atoms with Crippen molar-refractivity contribution >= 4 is 5.69 Å². The second-order valence-electron chi connectivity index (χ2n) is 9.02. The summed E-state index contributed by atoms with van der Waals surface area (Å²) in [5.74, 6) is 1.75. The highest BCUT2D eigenvalue weighted by atomic mass is 15.2. The van der Waals surface area contributed by atoms with Crippen LogP contribution < -0.4 is 5.32 Å². The molecule has 0 unspecified atom stereocenters. The average Bonchev–Trinajstić information content (AvgIpc) is 3.65. The van der Waals surface area contributed by atoms with E-state index in [4.69, 9.17) is 4.98 Å². The Morgan fingerprint density at radius 2 is 1.42 bits per heavy atom. The average molecular weight is 497 g/mol. The van der Waals surface area contributed by atoms with Gasteiger partial charge < -0.3 is 9.88 Å². The maximum absolute atomic E-state index is 5.30. The van der Waals surface area contributed by atoms with Crippen LogP contribution in [0.25, 0.3) is 45.0 Å². The predicted octanol–water partition coefficient (Wildman–Crippen LogP) is 7.30. The maximum atomic E-state index is 5.30. The van der Waals surface area contributed by atoms with E-state index in [1.54, 1.807) is 0 Å². The molecule has 0 amide bonds. The number of nitrogens with one attached hydrogen (secondary N) is 2. The van der Waals surface area contributed by atoms with Gasteiger partial charge in [0.05, 0.1) is 17.9 Å². The fourth-order valence-electron chi connectivity index (χ4n) is 4.88. The van der Waals surface area contributed by atoms with E-state index in [0.717, 1.165) is 63.1 Å². The number of anilines is 1. The highest BCUT2D eigenvalue weighted by Crippen LogP contribution is 2.39. The largest absolute Gasteiger partial charge is 0.378 e. The molecule has 6 aromatic rings. The molecule has 0 bridgehead atoms. The van der Waals surface area contributed by atoms with E-state index in [9.17, 15) is 0 Å². The van der Waals surface area contributed by atoms with Crippen molar-refractivity contribution in [3.63, 3.8) is 0 Å². The van der Waals surface area contributed by atoms with Crippen molar-refractivity contribution in [2.75, 3.05) is 5.32 Å². The first-order valence-corrected chi connectivity index (χ1v) is 12.8. The zero-order valence-electron chi connectivity index (χ0n) is 21.2. The molecule has 2 heterocycles. The Balaban J connectivity index is 1.48. The molecule has 2 N–H and O–H groups in total. The summed E-state index contributed by atoms with van der Waals surface area (Å²) >= 11 is 0. The molecule has 0 aliphatic carbocycles. The minimum absolute atomic E-state index is 0.576. The van der Waals surface area contributed by atoms with Gasteiger partial charge >= 0.3 is 0 Å². The Bertz CT molecular complexity index is 1640. The zero-order valence-corrected chi connectivity index (χ0v) is 21.2. The fourth-order valence-corrected chi connectivity index (χ4v) is 4.88. The molecule has 0 radical (unpaired) electrons. The Morgan fingerprint density at radius 3 is 2.13 bits per heavy atom. The van der Waals surface area contributed by atoms with Gasteiger partial charge in [0.15, 0.2) is 0 Å². The normalized spacial score (nSPS) is 11.0. The van der Waals surface area contributed by atoms with Crippen molar-refractivity contribution in [2.45, 2.75) is 20.0 Å². The second-order valence-corrected chi connectivity index (χ2v) is 9.02. The molecule has 0 saturated heterocycles. The molecule has 0 spiro atoms. The third-order valence-electron chi connectivity index (χ3n) is 6.64. The number of hydrogen-bond donors (Lipinski definition) is 2. The number of benzene rings is 4. The molecule has 0 fully saturated rings. The van der Waals surface area contributed by atoms with Gasteiger partial charge in [0.2, 0.25) is 0 Å². The van der Waals surface area contributed by atoms with Crippen LogP contribution in [0.2, 0.25) is 0 Å². The van der Waals surface area contributed by atoms with E-state index >= 15 is 0 Å². The van der Waals surface area contributed by atoms with Crippen molar-refractivity contribution in [3.05, 3.63) is 121 Å². The molecular weight excluding hydrogens is 468 g/mol. The van der Waals surface area contributed by atoms with Crippen LogP contribution in [0.15, 0.2) is 116 Å². The number of aromatic amines is 1. The van der Waals surface area contributed by atoms with Crippen LogP contribution in [0, 0.1) is 0 Å². The van der Waals surface area contributed by atoms with Crippen LogP contribution in [0.1, 0.15) is 12.7 Å². The highest BCUT2D eigenvalue weighted by molar-refractivity contribution is 5.87. The van der Waals surface area contributed by atoms with Crippen LogP contribution in [-0.4, -0.2) is 24.7 Å². The molecule has 0 aliphatic rings. The van der Waals surface area contributed by atoms with Gasteiger partial charge in [-0.3, -0.25) is 5.10 Å². The molecule has 38 heavy (non-hydrogen) atoms. The summed E-state index contributed by atoms with van der Waals surface area (Å²) in [6.45, 7) is 3.56. The van der Waals surface area contributed by atoms with Gasteiger partial charge in [-0.05, 0) is 30.2 Å². The first-order chi connectivity index (χ1) is 18.8. The van der Waals surface area contributed by atoms with Crippen LogP contribution in [-0.2, 0) is 13.1 Å². The fraction of sp³-hybridized carbons (Fsp3) is 0.0938. The van der Waals surface area contributed by atoms with E-state index in [-0.39, 0.29) is 0 Å². The van der Waals surface area contributed by atoms with Gasteiger partial charge in [0.1, 0.15) is 18.0 Å². The molecule has 0 aliphatic heterocycles. The number of aromatic nitrogens is 5. The Labute approximate surface area is 222 Å². The first-order valence-electron chi connectivity index (χ1n) is 12.8. The van der Waals surface area contributed by atoms with Gasteiger partial charge in [-0.2, -0.15) is 5.10 Å². The van der Waals surface area contributed by atoms with Crippen molar-refractivity contribution in [3.8, 4) is 45.0 Å². The standard InChI is InChI=1S/C32H28N6/c1-2-38-31(24-14-7-4-8-15-24)30(23-12-5-3-6-13-23)36-32(38)28-19-10-9-18-27(28)25-16-11-17-26(20-25)33-21-29-34-22-35-37-29/h3-20,22,33H,2,21H2,1H3,(H,34,35,37). The molecule has 6 rings (SSSR count). The minimum atomic E-state index is 0.576. The molecule has 4 aromatic carbocycles. The van der Waals surface area contributed by atoms with E-state index in [1.165, 1.54) is 6.33 Å². The molecule has 2 aromatic heterocycles. The van der Waals surface area contributed by atoms with E-state index in [2.05, 4.69) is 135 Å². The van der Waals surface area contributed by atoms with Crippen LogP contribution in [0.3, 0.4) is 0 Å². The first kappa shape index (κ1) is 23.4. The van der Waals surface area contributed by atoms with E-state index < -0.39 is 0 Å². The summed E-state index contributed by atoms with van der Waals surface area (Å²) in [5, 5.41) is 10.3. The van der Waals surface area contributed by atoms with Crippen molar-refractivity contribution in [2.24, 2.45) is 0 Å². The lowest BCUT2D eigenvalue weighted by atomic mass is 9.98. The summed E-state index contributed by atoms with van der Waals surface area (Å²) in [4.78, 5) is 9.51. The van der Waals surface area contributed by atoms with Crippen LogP contribution in [0.4, 0.5) is 5.69 Å². The van der Waals surface area contributed by atoms with Gasteiger partial charge in [0.25, 0.3) is 0 Å². The van der Waals surface area contributed by atoms with Crippen molar-refractivity contribution < 1.29 is 0 Å². The number of hydrogen-bond acceptors (Lipinski definition) is 4. The minimum Gasteiger partial charge on any atom is -0.378 e. The molecule has 0 saturated carbocycles. The number of nitrogens with zero attached hydrogens (tertiary/aromatic N) is 4. The topological polar surface area (TPSA) is 71.4 Å². The molecular formula is C32H28N6. The lowest BCUT2D eigenvalue weighted by Gasteiger charge is -2.14. The summed E-state index contributed by atoms with van der Waals surface area (Å²) in [5.41, 5.74) is 8.76. The zero-order chi connectivity index (χ0) is 25.7. The van der Waals surface area contributed by atoms with Gasteiger partial charge in [-0.1, -0.05) is 97.1 Å². The van der Waals surface area contributed by atoms with Crippen LogP contribution >= 0.6 is 0 Å². The third-order valence-corrected chi connectivity index (χ3v) is 6.64. The lowest BCUT2D eigenvalue weighted by Crippen LogP contribution is -2.02. The van der Waals surface area contributed by atoms with Crippen molar-refractivity contribution in [1.29, 1.82) is 0 Å². The number of H-pyrrole nitrogens is 1. The Hall–Kier alpha value is -4.97. The van der Waals surface area contributed by atoms with Gasteiger partial charge in [-0.25, -0.2) is 9.97 Å².